The summed E-state index contributed by atoms with van der Waals surface area (Å²) < 4.78 is 42.9. The first-order valence-corrected chi connectivity index (χ1v) is 11.2. The number of hydrogen-bond donors (Lipinski definition) is 0. The van der Waals surface area contributed by atoms with Crippen LogP contribution < -0.4 is 4.74 Å². The minimum absolute atomic E-state index is 0.246. The Morgan fingerprint density at radius 1 is 0.828 bits per heavy atom. The van der Waals surface area contributed by atoms with Crippen LogP contribution in [0, 0.1) is 0 Å². The largest absolute Gasteiger partial charge is 0.494 e. The molecule has 2 aromatic rings. The summed E-state index contributed by atoms with van der Waals surface area (Å²) in [4.78, 5) is 0. The Morgan fingerprint density at radius 3 is 2.10 bits per heavy atom. The highest BCUT2D eigenvalue weighted by molar-refractivity contribution is 9.10. The minimum Gasteiger partial charge on any atom is -0.494 e. The van der Waals surface area contributed by atoms with E-state index in [9.17, 15) is 13.2 Å². The van der Waals surface area contributed by atoms with E-state index in [1.54, 1.807) is 0 Å². The lowest BCUT2D eigenvalue weighted by atomic mass is 10.0. The van der Waals surface area contributed by atoms with Crippen LogP contribution in [0.2, 0.25) is 5.02 Å². The molecule has 0 atom stereocenters. The highest BCUT2D eigenvalue weighted by atomic mass is 79.9. The first-order chi connectivity index (χ1) is 13.8. The summed E-state index contributed by atoms with van der Waals surface area (Å²) in [7, 11) is 0. The molecule has 0 unspecified atom stereocenters. The summed E-state index contributed by atoms with van der Waals surface area (Å²) in [5.41, 5.74) is 2.25. The molecule has 1 nitrogen and oxygen atoms in total. The number of alkyl halides is 3. The van der Waals surface area contributed by atoms with Crippen molar-refractivity contribution in [1.29, 1.82) is 0 Å². The number of unbranched alkanes of at least 4 members (excludes halogenated alkanes) is 6. The number of benzene rings is 2. The molecule has 0 saturated carbocycles. The minimum atomic E-state index is -4.01. The molecule has 160 valence electrons. The molecule has 0 N–H and O–H groups in total. The Kier molecular flexibility index (Phi) is 10.4. The second-order valence-corrected chi connectivity index (χ2v) is 8.57. The van der Waals surface area contributed by atoms with Crippen LogP contribution in [0.3, 0.4) is 0 Å². The third-order valence-corrected chi connectivity index (χ3v) is 5.56. The van der Waals surface area contributed by atoms with Crippen molar-refractivity contribution in [2.24, 2.45) is 0 Å². The third kappa shape index (κ3) is 10.4. The predicted molar refractivity (Wildman–Crippen MR) is 117 cm³/mol. The van der Waals surface area contributed by atoms with E-state index in [1.807, 2.05) is 42.5 Å². The quantitative estimate of drug-likeness (QED) is 0.270. The van der Waals surface area contributed by atoms with Gasteiger partial charge in [-0.1, -0.05) is 71.8 Å². The summed E-state index contributed by atoms with van der Waals surface area (Å²) in [6.07, 6.45) is 1.91. The van der Waals surface area contributed by atoms with Gasteiger partial charge < -0.3 is 4.74 Å². The van der Waals surface area contributed by atoms with E-state index in [0.717, 1.165) is 59.3 Å². The Labute approximate surface area is 184 Å². The van der Waals surface area contributed by atoms with Gasteiger partial charge in [-0.2, -0.15) is 13.2 Å². The molecule has 0 aliphatic rings. The zero-order chi connectivity index (χ0) is 21.1. The number of halogens is 5. The smallest absolute Gasteiger partial charge is 0.389 e. The molecule has 0 saturated heterocycles. The van der Waals surface area contributed by atoms with Gasteiger partial charge in [-0.05, 0) is 60.7 Å². The summed E-state index contributed by atoms with van der Waals surface area (Å²) in [5.74, 6) is 0.848. The molecule has 29 heavy (non-hydrogen) atoms. The molecule has 0 amide bonds. The van der Waals surface area contributed by atoms with Gasteiger partial charge in [0.25, 0.3) is 0 Å². The maximum Gasteiger partial charge on any atom is 0.389 e. The van der Waals surface area contributed by atoms with Gasteiger partial charge in [0.05, 0.1) is 6.61 Å². The van der Waals surface area contributed by atoms with Crippen LogP contribution >= 0.6 is 27.5 Å². The SMILES string of the molecule is FC(F)(F)CCCCCCCCCOc1ccc(Cc2cc(Br)ccc2Cl)cc1. The van der Waals surface area contributed by atoms with Crippen LogP contribution in [-0.2, 0) is 6.42 Å². The average molecular weight is 492 g/mol. The number of ether oxygens (including phenoxy) is 1. The van der Waals surface area contributed by atoms with Crippen molar-refractivity contribution in [2.45, 2.75) is 64.0 Å². The lowest BCUT2D eigenvalue weighted by Gasteiger charge is -2.09. The summed E-state index contributed by atoms with van der Waals surface area (Å²) in [6, 6.07) is 13.9. The third-order valence-electron chi connectivity index (χ3n) is 4.70. The van der Waals surface area contributed by atoms with E-state index < -0.39 is 12.6 Å². The Bertz CT molecular complexity index is 732. The predicted octanol–water partition coefficient (Wildman–Crippen LogP) is 8.76. The Balaban J connectivity index is 1.57. The monoisotopic (exact) mass is 490 g/mol. The van der Waals surface area contributed by atoms with Crippen LogP contribution in [0.15, 0.2) is 46.9 Å². The van der Waals surface area contributed by atoms with Crippen molar-refractivity contribution < 1.29 is 17.9 Å². The van der Waals surface area contributed by atoms with Crippen LogP contribution in [0.25, 0.3) is 0 Å². The lowest BCUT2D eigenvalue weighted by molar-refractivity contribution is -0.135. The number of rotatable bonds is 12. The van der Waals surface area contributed by atoms with Crippen LogP contribution in [-0.4, -0.2) is 12.8 Å². The van der Waals surface area contributed by atoms with Gasteiger partial charge in [0.1, 0.15) is 5.75 Å². The Hall–Kier alpha value is -1.20. The molecule has 0 fully saturated rings. The normalized spacial score (nSPS) is 11.6. The molecule has 0 spiro atoms. The maximum atomic E-state index is 12.0. The molecular weight excluding hydrogens is 465 g/mol. The standard InChI is InChI=1S/C23H27BrClF3O/c24-20-10-13-22(25)19(17-20)16-18-8-11-21(12-9-18)29-15-7-5-3-1-2-4-6-14-23(26,27)28/h8-13,17H,1-7,14-16H2. The van der Waals surface area contributed by atoms with Crippen molar-refractivity contribution in [3.63, 3.8) is 0 Å². The fourth-order valence-corrected chi connectivity index (χ4v) is 3.70. The van der Waals surface area contributed by atoms with Gasteiger partial charge in [-0.15, -0.1) is 0 Å². The first kappa shape index (κ1) is 24.1. The topological polar surface area (TPSA) is 9.23 Å². The van der Waals surface area contributed by atoms with E-state index in [1.165, 1.54) is 5.56 Å². The van der Waals surface area contributed by atoms with E-state index in [-0.39, 0.29) is 6.42 Å². The second-order valence-electron chi connectivity index (χ2n) is 7.24. The van der Waals surface area contributed by atoms with Gasteiger partial charge in [0.2, 0.25) is 0 Å². The molecule has 0 aliphatic carbocycles. The highest BCUT2D eigenvalue weighted by Crippen LogP contribution is 2.25. The van der Waals surface area contributed by atoms with Crippen LogP contribution in [0.5, 0.6) is 5.75 Å². The average Bonchev–Trinajstić information content (AvgIpc) is 2.66. The molecule has 0 aromatic heterocycles. The molecule has 0 heterocycles. The van der Waals surface area contributed by atoms with Gasteiger partial charge in [-0.3, -0.25) is 0 Å². The first-order valence-electron chi connectivity index (χ1n) is 10.1. The van der Waals surface area contributed by atoms with Crippen molar-refractivity contribution in [1.82, 2.24) is 0 Å². The van der Waals surface area contributed by atoms with Gasteiger partial charge in [0.15, 0.2) is 0 Å². The fourth-order valence-electron chi connectivity index (χ4n) is 3.10. The highest BCUT2D eigenvalue weighted by Gasteiger charge is 2.25. The summed E-state index contributed by atoms with van der Waals surface area (Å²) in [6.45, 7) is 0.658. The zero-order valence-corrected chi connectivity index (χ0v) is 18.8. The summed E-state index contributed by atoms with van der Waals surface area (Å²) >= 11 is 9.72. The van der Waals surface area contributed by atoms with E-state index in [0.29, 0.717) is 13.0 Å². The van der Waals surface area contributed by atoms with Gasteiger partial charge >= 0.3 is 6.18 Å². The van der Waals surface area contributed by atoms with E-state index in [4.69, 9.17) is 16.3 Å². The van der Waals surface area contributed by atoms with Crippen molar-refractivity contribution >= 4 is 27.5 Å². The van der Waals surface area contributed by atoms with E-state index in [2.05, 4.69) is 15.9 Å². The molecule has 0 bridgehead atoms. The molecule has 6 heteroatoms. The molecule has 0 aliphatic heterocycles. The van der Waals surface area contributed by atoms with E-state index >= 15 is 0 Å². The molecule has 0 radical (unpaired) electrons. The maximum absolute atomic E-state index is 12.0. The van der Waals surface area contributed by atoms with Crippen LogP contribution in [0.1, 0.15) is 62.5 Å². The van der Waals surface area contributed by atoms with Crippen molar-refractivity contribution in [2.75, 3.05) is 6.61 Å². The number of hydrogen-bond acceptors (Lipinski definition) is 1. The fraction of sp³-hybridized carbons (Fsp3) is 0.478. The second kappa shape index (κ2) is 12.5. The van der Waals surface area contributed by atoms with Gasteiger partial charge in [-0.25, -0.2) is 0 Å². The van der Waals surface area contributed by atoms with Crippen LogP contribution in [0.4, 0.5) is 13.2 Å². The molecule has 2 aromatic carbocycles. The van der Waals surface area contributed by atoms with Crippen molar-refractivity contribution in [3.05, 3.63) is 63.1 Å². The molecular formula is C23H27BrClF3O. The summed E-state index contributed by atoms with van der Waals surface area (Å²) in [5, 5.41) is 0.758. The Morgan fingerprint density at radius 2 is 1.45 bits per heavy atom. The molecule has 2 rings (SSSR count). The van der Waals surface area contributed by atoms with Crippen molar-refractivity contribution in [3.8, 4) is 5.75 Å². The lowest BCUT2D eigenvalue weighted by Crippen LogP contribution is -2.06. The zero-order valence-electron chi connectivity index (χ0n) is 16.4. The van der Waals surface area contributed by atoms with Gasteiger partial charge in [0, 0.05) is 15.9 Å².